The molecule has 0 aliphatic carbocycles. The number of carbonyl (C=O) groups excluding carboxylic acids is 1. The highest BCUT2D eigenvalue weighted by atomic mass is 35.5. The van der Waals surface area contributed by atoms with Crippen molar-refractivity contribution in [1.29, 1.82) is 0 Å². The van der Waals surface area contributed by atoms with Gasteiger partial charge in [0, 0.05) is 5.69 Å². The summed E-state index contributed by atoms with van der Waals surface area (Å²) in [5, 5.41) is 5.91. The Morgan fingerprint density at radius 2 is 2.17 bits per heavy atom. The van der Waals surface area contributed by atoms with Gasteiger partial charge < -0.3 is 10.6 Å². The van der Waals surface area contributed by atoms with Crippen molar-refractivity contribution in [3.8, 4) is 0 Å². The van der Waals surface area contributed by atoms with Crippen molar-refractivity contribution in [3.05, 3.63) is 29.6 Å². The van der Waals surface area contributed by atoms with Gasteiger partial charge in [0.05, 0.1) is 6.04 Å². The number of carbonyl (C=O) groups is 1. The van der Waals surface area contributed by atoms with E-state index in [9.17, 15) is 9.18 Å². The number of benzene rings is 1. The van der Waals surface area contributed by atoms with Crippen LogP contribution >= 0.6 is 12.4 Å². The Balaban J connectivity index is 0.00000162. The minimum atomic E-state index is -0.322. The molecule has 2 N–H and O–H groups in total. The lowest BCUT2D eigenvalue weighted by Gasteiger charge is -2.22. The summed E-state index contributed by atoms with van der Waals surface area (Å²) in [6.45, 7) is 2.68. The van der Waals surface area contributed by atoms with Gasteiger partial charge in [-0.15, -0.1) is 12.4 Å². The Morgan fingerprint density at radius 3 is 2.78 bits per heavy atom. The van der Waals surface area contributed by atoms with Gasteiger partial charge >= 0.3 is 0 Å². The number of aryl methyl sites for hydroxylation is 1. The van der Waals surface area contributed by atoms with Crippen LogP contribution in [0.15, 0.2) is 18.2 Å². The fraction of sp³-hybridized carbons (Fsp3) is 0.462. The lowest BCUT2D eigenvalue weighted by atomic mass is 10.0. The predicted molar refractivity (Wildman–Crippen MR) is 72.7 cm³/mol. The number of halogens is 2. The molecule has 0 bridgehead atoms. The topological polar surface area (TPSA) is 41.1 Å². The van der Waals surface area contributed by atoms with Gasteiger partial charge in [-0.1, -0.05) is 6.42 Å². The van der Waals surface area contributed by atoms with Crippen LogP contribution in [0.4, 0.5) is 10.1 Å². The van der Waals surface area contributed by atoms with Crippen LogP contribution in [0, 0.1) is 12.7 Å². The zero-order valence-corrected chi connectivity index (χ0v) is 11.1. The molecule has 1 heterocycles. The summed E-state index contributed by atoms with van der Waals surface area (Å²) in [6, 6.07) is 4.40. The monoisotopic (exact) mass is 272 g/mol. The maximum Gasteiger partial charge on any atom is 0.241 e. The summed E-state index contributed by atoms with van der Waals surface area (Å²) in [6.07, 6.45) is 3.02. The standard InChI is InChI=1S/C13H17FN2O.ClH/c1-9-6-10(14)8-11(7-9)16-13(17)12-4-2-3-5-15-12;/h6-8,12,15H,2-5H2,1H3,(H,16,17);1H/t12-;/m0./s1. The smallest absolute Gasteiger partial charge is 0.241 e. The highest BCUT2D eigenvalue weighted by molar-refractivity contribution is 5.94. The molecule has 3 nitrogen and oxygen atoms in total. The van der Waals surface area contributed by atoms with Crippen molar-refractivity contribution in [2.24, 2.45) is 0 Å². The lowest BCUT2D eigenvalue weighted by molar-refractivity contribution is -0.118. The fourth-order valence-electron chi connectivity index (χ4n) is 2.11. The third-order valence-electron chi connectivity index (χ3n) is 2.94. The largest absolute Gasteiger partial charge is 0.325 e. The minimum absolute atomic E-state index is 0. The lowest BCUT2D eigenvalue weighted by Crippen LogP contribution is -2.43. The molecule has 2 rings (SSSR count). The van der Waals surface area contributed by atoms with Gasteiger partial charge in [0.25, 0.3) is 0 Å². The normalized spacial score (nSPS) is 18.9. The quantitative estimate of drug-likeness (QED) is 0.869. The highest BCUT2D eigenvalue weighted by Gasteiger charge is 2.20. The van der Waals surface area contributed by atoms with Crippen molar-refractivity contribution in [1.82, 2.24) is 5.32 Å². The van der Waals surface area contributed by atoms with Crippen molar-refractivity contribution >= 4 is 24.0 Å². The average molecular weight is 273 g/mol. The molecule has 1 aromatic rings. The SMILES string of the molecule is Cc1cc(F)cc(NC(=O)[C@@H]2CCCCN2)c1.Cl. The van der Waals surface area contributed by atoms with Crippen molar-refractivity contribution < 1.29 is 9.18 Å². The molecule has 1 aliphatic rings. The highest BCUT2D eigenvalue weighted by Crippen LogP contribution is 2.15. The van der Waals surface area contributed by atoms with E-state index in [0.717, 1.165) is 31.4 Å². The Hall–Kier alpha value is -1.13. The van der Waals surface area contributed by atoms with E-state index in [-0.39, 0.29) is 30.2 Å². The number of rotatable bonds is 2. The molecular weight excluding hydrogens is 255 g/mol. The summed E-state index contributed by atoms with van der Waals surface area (Å²) < 4.78 is 13.2. The van der Waals surface area contributed by atoms with Crippen molar-refractivity contribution in [2.75, 3.05) is 11.9 Å². The average Bonchev–Trinajstić information content (AvgIpc) is 2.28. The molecule has 1 atom stereocenters. The van der Waals surface area contributed by atoms with Gasteiger partial charge in [0.15, 0.2) is 0 Å². The molecule has 0 radical (unpaired) electrons. The van der Waals surface area contributed by atoms with Gasteiger partial charge in [-0.05, 0) is 50.1 Å². The zero-order valence-electron chi connectivity index (χ0n) is 10.3. The first-order valence-electron chi connectivity index (χ1n) is 5.96. The molecule has 1 amide bonds. The Morgan fingerprint density at radius 1 is 1.39 bits per heavy atom. The molecular formula is C13H18ClFN2O. The van der Waals surface area contributed by atoms with Crippen LogP contribution in [-0.2, 0) is 4.79 Å². The fourth-order valence-corrected chi connectivity index (χ4v) is 2.11. The summed E-state index contributed by atoms with van der Waals surface area (Å²) >= 11 is 0. The Bertz CT molecular complexity index is 399. The van der Waals surface area contributed by atoms with Crippen LogP contribution < -0.4 is 10.6 Å². The first-order chi connectivity index (χ1) is 8.15. The molecule has 1 saturated heterocycles. The number of anilines is 1. The summed E-state index contributed by atoms with van der Waals surface area (Å²) in [7, 11) is 0. The maximum absolute atomic E-state index is 13.2. The van der Waals surface area contributed by atoms with E-state index >= 15 is 0 Å². The molecule has 0 aromatic heterocycles. The summed E-state index contributed by atoms with van der Waals surface area (Å²) in [5.74, 6) is -0.397. The predicted octanol–water partition coefficient (Wildman–Crippen LogP) is 2.64. The van der Waals surface area contributed by atoms with Gasteiger partial charge in [0.2, 0.25) is 5.91 Å². The molecule has 18 heavy (non-hydrogen) atoms. The molecule has 0 saturated carbocycles. The van der Waals surface area contributed by atoms with E-state index in [1.165, 1.54) is 12.1 Å². The van der Waals surface area contributed by atoms with Gasteiger partial charge in [-0.25, -0.2) is 4.39 Å². The molecule has 1 aromatic carbocycles. The second-order valence-electron chi connectivity index (χ2n) is 4.51. The van der Waals surface area contributed by atoms with Gasteiger partial charge in [-0.2, -0.15) is 0 Å². The van der Waals surface area contributed by atoms with Crippen molar-refractivity contribution in [2.45, 2.75) is 32.2 Å². The minimum Gasteiger partial charge on any atom is -0.325 e. The molecule has 1 aliphatic heterocycles. The third-order valence-corrected chi connectivity index (χ3v) is 2.94. The molecule has 1 fully saturated rings. The van der Waals surface area contributed by atoms with E-state index < -0.39 is 0 Å². The molecule has 5 heteroatoms. The van der Waals surface area contributed by atoms with E-state index in [4.69, 9.17) is 0 Å². The van der Waals surface area contributed by atoms with E-state index in [1.807, 2.05) is 0 Å². The van der Waals surface area contributed by atoms with Crippen LogP contribution in [0.2, 0.25) is 0 Å². The second-order valence-corrected chi connectivity index (χ2v) is 4.51. The Labute approximate surface area is 113 Å². The van der Waals surface area contributed by atoms with Crippen LogP contribution in [0.25, 0.3) is 0 Å². The van der Waals surface area contributed by atoms with E-state index in [0.29, 0.717) is 5.69 Å². The van der Waals surface area contributed by atoms with E-state index in [1.54, 1.807) is 13.0 Å². The Kier molecular flexibility index (Phi) is 5.56. The van der Waals surface area contributed by atoms with Crippen LogP contribution in [0.3, 0.4) is 0 Å². The van der Waals surface area contributed by atoms with Crippen LogP contribution in [-0.4, -0.2) is 18.5 Å². The first kappa shape index (κ1) is 14.9. The zero-order chi connectivity index (χ0) is 12.3. The van der Waals surface area contributed by atoms with Gasteiger partial charge in [-0.3, -0.25) is 4.79 Å². The van der Waals surface area contributed by atoms with E-state index in [2.05, 4.69) is 10.6 Å². The second kappa shape index (κ2) is 6.71. The van der Waals surface area contributed by atoms with Crippen LogP contribution in [0.5, 0.6) is 0 Å². The molecule has 0 unspecified atom stereocenters. The van der Waals surface area contributed by atoms with Crippen LogP contribution in [0.1, 0.15) is 24.8 Å². The molecule has 0 spiro atoms. The number of hydrogen-bond acceptors (Lipinski definition) is 2. The number of piperidine rings is 1. The number of hydrogen-bond donors (Lipinski definition) is 2. The maximum atomic E-state index is 13.2. The number of nitrogens with one attached hydrogen (secondary N) is 2. The van der Waals surface area contributed by atoms with Gasteiger partial charge in [0.1, 0.15) is 5.82 Å². The summed E-state index contributed by atoms with van der Waals surface area (Å²) in [4.78, 5) is 11.9. The molecule has 100 valence electrons. The van der Waals surface area contributed by atoms with Crippen molar-refractivity contribution in [3.63, 3.8) is 0 Å². The first-order valence-corrected chi connectivity index (χ1v) is 5.96. The number of amides is 1. The third kappa shape index (κ3) is 3.96. The summed E-state index contributed by atoms with van der Waals surface area (Å²) in [5.41, 5.74) is 1.33.